The Morgan fingerprint density at radius 1 is 1.08 bits per heavy atom. The third-order valence-electron chi connectivity index (χ3n) is 4.06. The topological polar surface area (TPSA) is 75.5 Å². The van der Waals surface area contributed by atoms with Crippen LogP contribution in [0, 0.1) is 10.1 Å². The highest BCUT2D eigenvalue weighted by molar-refractivity contribution is 5.91. The predicted molar refractivity (Wildman–Crippen MR) is 104 cm³/mol. The Balaban J connectivity index is 1.87. The highest BCUT2D eigenvalue weighted by Crippen LogP contribution is 2.15. The van der Waals surface area contributed by atoms with E-state index in [0.29, 0.717) is 6.54 Å². The van der Waals surface area contributed by atoms with Crippen molar-refractivity contribution >= 4 is 23.4 Å². The molecule has 0 aliphatic heterocycles. The normalized spacial score (nSPS) is 10.7. The summed E-state index contributed by atoms with van der Waals surface area (Å²) >= 11 is 0. The van der Waals surface area contributed by atoms with Crippen molar-refractivity contribution in [1.82, 2.24) is 5.32 Å². The van der Waals surface area contributed by atoms with Crippen LogP contribution in [0.1, 0.15) is 25.0 Å². The lowest BCUT2D eigenvalue weighted by molar-refractivity contribution is -0.384. The van der Waals surface area contributed by atoms with Gasteiger partial charge in [-0.3, -0.25) is 14.9 Å². The van der Waals surface area contributed by atoms with Crippen LogP contribution in [0.2, 0.25) is 0 Å². The maximum absolute atomic E-state index is 11.9. The van der Waals surface area contributed by atoms with Gasteiger partial charge in [0.15, 0.2) is 0 Å². The molecule has 0 aliphatic rings. The molecule has 136 valence electrons. The minimum absolute atomic E-state index is 0.0276. The molecule has 0 spiro atoms. The molecule has 0 saturated carbocycles. The van der Waals surface area contributed by atoms with Gasteiger partial charge in [0.25, 0.3) is 5.69 Å². The number of nitro benzene ring substituents is 1. The Bertz CT molecular complexity index is 764. The van der Waals surface area contributed by atoms with Crippen molar-refractivity contribution in [1.29, 1.82) is 0 Å². The Kier molecular flexibility index (Phi) is 6.91. The van der Waals surface area contributed by atoms with E-state index >= 15 is 0 Å². The average Bonchev–Trinajstić information content (AvgIpc) is 2.67. The zero-order valence-electron chi connectivity index (χ0n) is 15.0. The molecular weight excluding hydrogens is 330 g/mol. The highest BCUT2D eigenvalue weighted by atomic mass is 16.6. The molecule has 0 fully saturated rings. The standard InChI is InChI=1S/C20H23N3O3/c1-3-22(4-2)18-10-7-17(8-11-18)15-21-20(24)14-9-16-5-12-19(13-6-16)23(25)26/h5-14H,3-4,15H2,1-2H3,(H,21,24)/b14-9+. The SMILES string of the molecule is CCN(CC)c1ccc(CNC(=O)/C=C/c2ccc([N+](=O)[O-])cc2)cc1. The Morgan fingerprint density at radius 3 is 2.23 bits per heavy atom. The van der Waals surface area contributed by atoms with Crippen molar-refractivity contribution in [3.8, 4) is 0 Å². The second kappa shape index (κ2) is 9.36. The second-order valence-corrected chi connectivity index (χ2v) is 5.74. The number of anilines is 1. The molecule has 0 radical (unpaired) electrons. The average molecular weight is 353 g/mol. The predicted octanol–water partition coefficient (Wildman–Crippen LogP) is 3.77. The molecule has 2 rings (SSSR count). The highest BCUT2D eigenvalue weighted by Gasteiger charge is 2.04. The third kappa shape index (κ3) is 5.44. The Morgan fingerprint density at radius 2 is 1.69 bits per heavy atom. The van der Waals surface area contributed by atoms with Crippen molar-refractivity contribution in [2.24, 2.45) is 0 Å². The summed E-state index contributed by atoms with van der Waals surface area (Å²) in [5.41, 5.74) is 2.95. The minimum Gasteiger partial charge on any atom is -0.372 e. The summed E-state index contributed by atoms with van der Waals surface area (Å²) < 4.78 is 0. The number of amides is 1. The van der Waals surface area contributed by atoms with Gasteiger partial charge < -0.3 is 10.2 Å². The van der Waals surface area contributed by atoms with Gasteiger partial charge in [0.1, 0.15) is 0 Å². The van der Waals surface area contributed by atoms with Crippen LogP contribution in [-0.4, -0.2) is 23.9 Å². The van der Waals surface area contributed by atoms with Crippen LogP contribution in [0.15, 0.2) is 54.6 Å². The van der Waals surface area contributed by atoms with E-state index in [2.05, 4.69) is 36.2 Å². The molecule has 0 aliphatic carbocycles. The van der Waals surface area contributed by atoms with Gasteiger partial charge in [0.2, 0.25) is 5.91 Å². The van der Waals surface area contributed by atoms with E-state index in [4.69, 9.17) is 0 Å². The smallest absolute Gasteiger partial charge is 0.269 e. The van der Waals surface area contributed by atoms with Gasteiger partial charge in [-0.25, -0.2) is 0 Å². The van der Waals surface area contributed by atoms with E-state index in [-0.39, 0.29) is 11.6 Å². The first-order valence-corrected chi connectivity index (χ1v) is 8.57. The van der Waals surface area contributed by atoms with Gasteiger partial charge in [-0.1, -0.05) is 12.1 Å². The molecule has 0 saturated heterocycles. The Hall–Kier alpha value is -3.15. The molecule has 0 heterocycles. The molecule has 6 heteroatoms. The summed E-state index contributed by atoms with van der Waals surface area (Å²) in [5, 5.41) is 13.4. The first kappa shape index (κ1) is 19.2. The van der Waals surface area contributed by atoms with E-state index in [9.17, 15) is 14.9 Å². The molecular formula is C20H23N3O3. The van der Waals surface area contributed by atoms with E-state index in [1.165, 1.54) is 23.9 Å². The second-order valence-electron chi connectivity index (χ2n) is 5.74. The van der Waals surface area contributed by atoms with Crippen molar-refractivity contribution in [2.75, 3.05) is 18.0 Å². The number of carbonyl (C=O) groups excluding carboxylic acids is 1. The van der Waals surface area contributed by atoms with Crippen LogP contribution in [0.5, 0.6) is 0 Å². The third-order valence-corrected chi connectivity index (χ3v) is 4.06. The molecule has 1 N–H and O–H groups in total. The fraction of sp³-hybridized carbons (Fsp3) is 0.250. The summed E-state index contributed by atoms with van der Waals surface area (Å²) in [6.45, 7) is 6.60. The molecule has 1 amide bonds. The van der Waals surface area contributed by atoms with E-state index in [0.717, 1.165) is 24.2 Å². The van der Waals surface area contributed by atoms with Gasteiger partial charge in [-0.2, -0.15) is 0 Å². The van der Waals surface area contributed by atoms with Gasteiger partial charge in [0, 0.05) is 43.5 Å². The lowest BCUT2D eigenvalue weighted by Crippen LogP contribution is -2.22. The molecule has 0 bridgehead atoms. The summed E-state index contributed by atoms with van der Waals surface area (Å²) in [7, 11) is 0. The van der Waals surface area contributed by atoms with Crippen molar-refractivity contribution in [3.63, 3.8) is 0 Å². The fourth-order valence-corrected chi connectivity index (χ4v) is 2.54. The monoisotopic (exact) mass is 353 g/mol. The van der Waals surface area contributed by atoms with Crippen molar-refractivity contribution in [3.05, 3.63) is 75.8 Å². The number of nitro groups is 1. The van der Waals surface area contributed by atoms with Crippen molar-refractivity contribution < 1.29 is 9.72 Å². The van der Waals surface area contributed by atoms with Gasteiger partial charge in [-0.05, 0) is 55.3 Å². The number of hydrogen-bond donors (Lipinski definition) is 1. The Labute approximate surface area is 153 Å². The van der Waals surface area contributed by atoms with Crippen molar-refractivity contribution in [2.45, 2.75) is 20.4 Å². The summed E-state index contributed by atoms with van der Waals surface area (Å²) in [4.78, 5) is 24.3. The van der Waals surface area contributed by atoms with Crippen LogP contribution in [0.3, 0.4) is 0 Å². The van der Waals surface area contributed by atoms with Gasteiger partial charge >= 0.3 is 0 Å². The summed E-state index contributed by atoms with van der Waals surface area (Å²) in [6, 6.07) is 14.2. The number of non-ortho nitro benzene ring substituents is 1. The maximum Gasteiger partial charge on any atom is 0.269 e. The van der Waals surface area contributed by atoms with E-state index in [1.54, 1.807) is 18.2 Å². The molecule has 6 nitrogen and oxygen atoms in total. The summed E-state index contributed by atoms with van der Waals surface area (Å²) in [5.74, 6) is -0.212. The van der Waals surface area contributed by atoms with Crippen LogP contribution in [0.4, 0.5) is 11.4 Å². The number of benzene rings is 2. The van der Waals surface area contributed by atoms with Gasteiger partial charge in [-0.15, -0.1) is 0 Å². The molecule has 0 atom stereocenters. The zero-order chi connectivity index (χ0) is 18.9. The lowest BCUT2D eigenvalue weighted by atomic mass is 10.2. The largest absolute Gasteiger partial charge is 0.372 e. The lowest BCUT2D eigenvalue weighted by Gasteiger charge is -2.21. The number of rotatable bonds is 8. The quantitative estimate of drug-likeness (QED) is 0.445. The summed E-state index contributed by atoms with van der Waals surface area (Å²) in [6.07, 6.45) is 3.05. The van der Waals surface area contributed by atoms with E-state index in [1.807, 2.05) is 12.1 Å². The molecule has 26 heavy (non-hydrogen) atoms. The zero-order valence-corrected chi connectivity index (χ0v) is 15.0. The van der Waals surface area contributed by atoms with Gasteiger partial charge in [0.05, 0.1) is 4.92 Å². The van der Waals surface area contributed by atoms with Crippen LogP contribution in [0.25, 0.3) is 6.08 Å². The first-order chi connectivity index (χ1) is 12.5. The maximum atomic E-state index is 11.9. The number of nitrogens with one attached hydrogen (secondary N) is 1. The molecule has 0 aromatic heterocycles. The number of hydrogen-bond acceptors (Lipinski definition) is 4. The van der Waals surface area contributed by atoms with Crippen LogP contribution in [-0.2, 0) is 11.3 Å². The number of nitrogens with zero attached hydrogens (tertiary/aromatic N) is 2. The van der Waals surface area contributed by atoms with Crippen LogP contribution < -0.4 is 10.2 Å². The molecule has 2 aromatic carbocycles. The molecule has 0 unspecified atom stereocenters. The first-order valence-electron chi connectivity index (χ1n) is 8.57. The fourth-order valence-electron chi connectivity index (χ4n) is 2.54. The number of carbonyl (C=O) groups is 1. The van der Waals surface area contributed by atoms with E-state index < -0.39 is 4.92 Å². The van der Waals surface area contributed by atoms with Crippen LogP contribution >= 0.6 is 0 Å². The minimum atomic E-state index is -0.453. The molecule has 2 aromatic rings.